The summed E-state index contributed by atoms with van der Waals surface area (Å²) < 4.78 is 18.5. The predicted octanol–water partition coefficient (Wildman–Crippen LogP) is 2.33. The van der Waals surface area contributed by atoms with E-state index in [1.54, 1.807) is 12.1 Å². The molecule has 2 fully saturated rings. The van der Waals surface area contributed by atoms with Gasteiger partial charge >= 0.3 is 7.12 Å². The van der Waals surface area contributed by atoms with Crippen LogP contribution in [0.5, 0.6) is 5.75 Å². The van der Waals surface area contributed by atoms with E-state index >= 15 is 0 Å². The van der Waals surface area contributed by atoms with Gasteiger partial charge in [-0.2, -0.15) is 0 Å². The van der Waals surface area contributed by atoms with Crippen molar-refractivity contribution in [2.45, 2.75) is 70.9 Å². The Kier molecular flexibility index (Phi) is 5.72. The van der Waals surface area contributed by atoms with Crippen molar-refractivity contribution in [2.75, 3.05) is 0 Å². The van der Waals surface area contributed by atoms with Crippen molar-refractivity contribution < 1.29 is 28.4 Å². The zero-order chi connectivity index (χ0) is 25.0. The van der Waals surface area contributed by atoms with E-state index in [4.69, 9.17) is 14.0 Å². The molecule has 3 heterocycles. The fourth-order valence-electron chi connectivity index (χ4n) is 4.66. The molecular formula is C26H29BN2O6. The Bertz CT molecular complexity index is 1190. The first-order valence-electron chi connectivity index (χ1n) is 11.9. The maximum absolute atomic E-state index is 13.0. The van der Waals surface area contributed by atoms with E-state index in [0.717, 1.165) is 16.6 Å². The largest absolute Gasteiger partial charge is 0.494 e. The molecule has 3 amide bonds. The van der Waals surface area contributed by atoms with Gasteiger partial charge in [-0.3, -0.25) is 19.7 Å². The molecule has 3 aliphatic heterocycles. The monoisotopic (exact) mass is 476 g/mol. The van der Waals surface area contributed by atoms with Crippen LogP contribution in [0.15, 0.2) is 42.5 Å². The molecule has 35 heavy (non-hydrogen) atoms. The zero-order valence-electron chi connectivity index (χ0n) is 20.4. The Morgan fingerprint density at radius 2 is 1.77 bits per heavy atom. The molecule has 2 saturated heterocycles. The highest BCUT2D eigenvalue weighted by atomic mass is 16.7. The molecular weight excluding hydrogens is 447 g/mol. The van der Waals surface area contributed by atoms with Gasteiger partial charge in [0.2, 0.25) is 11.8 Å². The number of rotatable bonds is 5. The van der Waals surface area contributed by atoms with Gasteiger partial charge in [-0.15, -0.1) is 0 Å². The van der Waals surface area contributed by atoms with E-state index in [0.29, 0.717) is 24.3 Å². The number of piperidine rings is 1. The summed E-state index contributed by atoms with van der Waals surface area (Å²) in [6.07, 6.45) is 0.547. The number of carbonyl (C=O) groups is 3. The van der Waals surface area contributed by atoms with Gasteiger partial charge in [-0.25, -0.2) is 0 Å². The molecule has 3 aliphatic rings. The molecule has 1 atom stereocenters. The molecule has 0 aromatic heterocycles. The van der Waals surface area contributed by atoms with Crippen molar-refractivity contribution in [3.05, 3.63) is 59.2 Å². The van der Waals surface area contributed by atoms with E-state index in [1.165, 1.54) is 4.90 Å². The minimum atomic E-state index is -0.656. The van der Waals surface area contributed by atoms with Gasteiger partial charge in [0.05, 0.1) is 17.7 Å². The third kappa shape index (κ3) is 4.23. The SMILES string of the molecule is CC1(C)OB(c2cccc(COc3cccc4c3CN(C3CCC(=O)NC3=O)C4=O)c2)OC1(C)C. The molecule has 9 heteroatoms. The van der Waals surface area contributed by atoms with Crippen molar-refractivity contribution in [3.8, 4) is 5.75 Å². The molecule has 2 aromatic carbocycles. The summed E-state index contributed by atoms with van der Waals surface area (Å²) in [5.41, 5.74) is 2.30. The Morgan fingerprint density at radius 3 is 2.49 bits per heavy atom. The lowest BCUT2D eigenvalue weighted by Crippen LogP contribution is -2.52. The first-order valence-corrected chi connectivity index (χ1v) is 11.9. The van der Waals surface area contributed by atoms with Crippen LogP contribution in [0.3, 0.4) is 0 Å². The maximum atomic E-state index is 13.0. The van der Waals surface area contributed by atoms with Crippen LogP contribution >= 0.6 is 0 Å². The molecule has 0 saturated carbocycles. The summed E-state index contributed by atoms with van der Waals surface area (Å²) in [7, 11) is -0.458. The molecule has 182 valence electrons. The number of ether oxygens (including phenoxy) is 1. The van der Waals surface area contributed by atoms with E-state index in [9.17, 15) is 14.4 Å². The standard InChI is InChI=1S/C26H29BN2O6/c1-25(2)26(3,4)35-27(34-25)17-8-5-7-16(13-17)15-33-21-10-6-9-18-19(21)14-29(24(18)32)20-11-12-22(30)28-23(20)31/h5-10,13,20H,11-12,14-15H2,1-4H3,(H,28,30,31). The minimum Gasteiger partial charge on any atom is -0.489 e. The summed E-state index contributed by atoms with van der Waals surface area (Å²) in [6, 6.07) is 12.6. The van der Waals surface area contributed by atoms with Crippen molar-refractivity contribution in [3.63, 3.8) is 0 Å². The lowest BCUT2D eigenvalue weighted by molar-refractivity contribution is -0.136. The van der Waals surface area contributed by atoms with E-state index in [2.05, 4.69) is 5.32 Å². The number of hydrogen-bond acceptors (Lipinski definition) is 6. The number of amides is 3. The summed E-state index contributed by atoms with van der Waals surface area (Å²) in [6.45, 7) is 8.66. The second-order valence-electron chi connectivity index (χ2n) is 10.3. The number of nitrogens with one attached hydrogen (secondary N) is 1. The van der Waals surface area contributed by atoms with Crippen molar-refractivity contribution >= 4 is 30.3 Å². The molecule has 1 N–H and O–H groups in total. The van der Waals surface area contributed by atoms with Crippen LogP contribution in [0, 0.1) is 0 Å². The van der Waals surface area contributed by atoms with Crippen LogP contribution < -0.4 is 15.5 Å². The highest BCUT2D eigenvalue weighted by Crippen LogP contribution is 2.37. The van der Waals surface area contributed by atoms with Gasteiger partial charge in [0.25, 0.3) is 5.91 Å². The normalized spacial score (nSPS) is 22.9. The second-order valence-corrected chi connectivity index (χ2v) is 10.3. The number of imide groups is 1. The number of benzene rings is 2. The second kappa shape index (κ2) is 8.50. The van der Waals surface area contributed by atoms with E-state index in [1.807, 2.05) is 58.0 Å². The average Bonchev–Trinajstić information content (AvgIpc) is 3.25. The van der Waals surface area contributed by atoms with Gasteiger partial charge < -0.3 is 18.9 Å². The fourth-order valence-corrected chi connectivity index (χ4v) is 4.66. The van der Waals surface area contributed by atoms with E-state index in [-0.39, 0.29) is 24.8 Å². The van der Waals surface area contributed by atoms with Crippen LogP contribution in [-0.2, 0) is 32.0 Å². The molecule has 5 rings (SSSR count). The number of hydrogen-bond donors (Lipinski definition) is 1. The molecule has 0 aliphatic carbocycles. The summed E-state index contributed by atoms with van der Waals surface area (Å²) >= 11 is 0. The molecule has 0 spiro atoms. The van der Waals surface area contributed by atoms with Gasteiger partial charge in [0.1, 0.15) is 18.4 Å². The Labute approximate surface area is 205 Å². The first-order chi connectivity index (χ1) is 16.6. The van der Waals surface area contributed by atoms with Gasteiger partial charge in [-0.1, -0.05) is 30.3 Å². The van der Waals surface area contributed by atoms with Crippen molar-refractivity contribution in [1.82, 2.24) is 10.2 Å². The highest BCUT2D eigenvalue weighted by Gasteiger charge is 2.51. The van der Waals surface area contributed by atoms with Crippen molar-refractivity contribution in [2.24, 2.45) is 0 Å². The van der Waals surface area contributed by atoms with Gasteiger partial charge in [0.15, 0.2) is 0 Å². The van der Waals surface area contributed by atoms with Gasteiger partial charge in [-0.05, 0) is 57.3 Å². The Balaban J connectivity index is 1.30. The third-order valence-corrected chi connectivity index (χ3v) is 7.41. The molecule has 1 unspecified atom stereocenters. The maximum Gasteiger partial charge on any atom is 0.494 e. The predicted molar refractivity (Wildman–Crippen MR) is 129 cm³/mol. The lowest BCUT2D eigenvalue weighted by atomic mass is 9.78. The summed E-state index contributed by atoms with van der Waals surface area (Å²) in [5, 5.41) is 2.33. The van der Waals surface area contributed by atoms with Crippen LogP contribution in [0.25, 0.3) is 0 Å². The van der Waals surface area contributed by atoms with Crippen LogP contribution in [-0.4, -0.2) is 47.0 Å². The number of carbonyl (C=O) groups excluding carboxylic acids is 3. The number of fused-ring (bicyclic) bond motifs is 1. The molecule has 2 aromatic rings. The quantitative estimate of drug-likeness (QED) is 0.526. The topological polar surface area (TPSA) is 94.2 Å². The fraction of sp³-hybridized carbons (Fsp3) is 0.423. The summed E-state index contributed by atoms with van der Waals surface area (Å²) in [4.78, 5) is 38.4. The molecule has 0 radical (unpaired) electrons. The average molecular weight is 476 g/mol. The summed E-state index contributed by atoms with van der Waals surface area (Å²) in [5.74, 6) is -0.346. The first kappa shape index (κ1) is 23.6. The van der Waals surface area contributed by atoms with Crippen LogP contribution in [0.4, 0.5) is 0 Å². The van der Waals surface area contributed by atoms with Crippen LogP contribution in [0.2, 0.25) is 0 Å². The van der Waals surface area contributed by atoms with Crippen molar-refractivity contribution in [1.29, 1.82) is 0 Å². The molecule has 0 bridgehead atoms. The number of nitrogens with zero attached hydrogens (tertiary/aromatic N) is 1. The zero-order valence-corrected chi connectivity index (χ0v) is 20.4. The smallest absolute Gasteiger partial charge is 0.489 e. The van der Waals surface area contributed by atoms with Gasteiger partial charge in [0, 0.05) is 17.5 Å². The Morgan fingerprint density at radius 1 is 1.06 bits per heavy atom. The molecule has 8 nitrogen and oxygen atoms in total. The highest BCUT2D eigenvalue weighted by molar-refractivity contribution is 6.62. The van der Waals surface area contributed by atoms with E-state index < -0.39 is 30.3 Å². The Hall–Kier alpha value is -3.17. The minimum absolute atomic E-state index is 0.220. The van der Waals surface area contributed by atoms with Crippen LogP contribution in [0.1, 0.15) is 62.0 Å². The third-order valence-electron chi connectivity index (χ3n) is 7.41. The lowest BCUT2D eigenvalue weighted by Gasteiger charge is -2.32.